The first-order valence-corrected chi connectivity index (χ1v) is 7.67. The SMILES string of the molecule is CC1CCCC=C1C(=O)OCC1CC2OC2CC1C. The molecule has 3 heteroatoms. The molecule has 106 valence electrons. The summed E-state index contributed by atoms with van der Waals surface area (Å²) in [6.45, 7) is 4.94. The number of epoxide rings is 1. The summed E-state index contributed by atoms with van der Waals surface area (Å²) in [6, 6.07) is 0. The van der Waals surface area contributed by atoms with Crippen molar-refractivity contribution in [3.63, 3.8) is 0 Å². The first-order chi connectivity index (χ1) is 9.15. The molecule has 1 heterocycles. The molecule has 0 amide bonds. The Hall–Kier alpha value is -0.830. The van der Waals surface area contributed by atoms with Crippen LogP contribution in [0.15, 0.2) is 11.6 Å². The van der Waals surface area contributed by atoms with Gasteiger partial charge in [0.2, 0.25) is 0 Å². The summed E-state index contributed by atoms with van der Waals surface area (Å²) in [4.78, 5) is 12.1. The maximum atomic E-state index is 12.1. The van der Waals surface area contributed by atoms with Gasteiger partial charge in [-0.1, -0.05) is 19.9 Å². The van der Waals surface area contributed by atoms with Crippen LogP contribution in [0, 0.1) is 17.8 Å². The molecule has 0 spiro atoms. The van der Waals surface area contributed by atoms with Crippen LogP contribution in [0.25, 0.3) is 0 Å². The fourth-order valence-corrected chi connectivity index (χ4v) is 3.50. The molecule has 19 heavy (non-hydrogen) atoms. The van der Waals surface area contributed by atoms with E-state index in [1.165, 1.54) is 6.42 Å². The Labute approximate surface area is 115 Å². The van der Waals surface area contributed by atoms with Crippen LogP contribution in [0.5, 0.6) is 0 Å². The predicted molar refractivity (Wildman–Crippen MR) is 72.6 cm³/mol. The van der Waals surface area contributed by atoms with E-state index in [-0.39, 0.29) is 5.97 Å². The minimum atomic E-state index is -0.0850. The smallest absolute Gasteiger partial charge is 0.333 e. The van der Waals surface area contributed by atoms with Gasteiger partial charge in [-0.3, -0.25) is 0 Å². The summed E-state index contributed by atoms with van der Waals surface area (Å²) in [5, 5.41) is 0. The number of allylic oxidation sites excluding steroid dienone is 1. The summed E-state index contributed by atoms with van der Waals surface area (Å²) < 4.78 is 11.1. The Bertz CT molecular complexity index is 387. The third-order valence-corrected chi connectivity index (χ3v) is 5.03. The monoisotopic (exact) mass is 264 g/mol. The summed E-state index contributed by atoms with van der Waals surface area (Å²) >= 11 is 0. The highest BCUT2D eigenvalue weighted by molar-refractivity contribution is 5.89. The van der Waals surface area contributed by atoms with Crippen molar-refractivity contribution < 1.29 is 14.3 Å². The molecule has 1 aliphatic heterocycles. The van der Waals surface area contributed by atoms with E-state index in [1.54, 1.807) is 0 Å². The van der Waals surface area contributed by atoms with E-state index in [9.17, 15) is 4.79 Å². The fourth-order valence-electron chi connectivity index (χ4n) is 3.50. The van der Waals surface area contributed by atoms with Crippen LogP contribution in [0.1, 0.15) is 46.0 Å². The Balaban J connectivity index is 1.51. The number of rotatable bonds is 3. The van der Waals surface area contributed by atoms with Gasteiger partial charge in [-0.05, 0) is 49.9 Å². The van der Waals surface area contributed by atoms with Crippen LogP contribution in [0.2, 0.25) is 0 Å². The molecule has 1 saturated carbocycles. The Morgan fingerprint density at radius 1 is 1.37 bits per heavy atom. The number of hydrogen-bond acceptors (Lipinski definition) is 3. The molecule has 0 radical (unpaired) electrons. The Morgan fingerprint density at radius 3 is 2.95 bits per heavy atom. The molecule has 2 aliphatic carbocycles. The van der Waals surface area contributed by atoms with Gasteiger partial charge in [0, 0.05) is 5.57 Å². The lowest BCUT2D eigenvalue weighted by Crippen LogP contribution is -2.28. The molecule has 0 aromatic carbocycles. The van der Waals surface area contributed by atoms with Crippen molar-refractivity contribution in [2.75, 3.05) is 6.61 Å². The second-order valence-electron chi connectivity index (χ2n) is 6.51. The van der Waals surface area contributed by atoms with Crippen LogP contribution in [0.3, 0.4) is 0 Å². The molecule has 3 nitrogen and oxygen atoms in total. The minimum Gasteiger partial charge on any atom is -0.462 e. The van der Waals surface area contributed by atoms with Gasteiger partial charge in [0.05, 0.1) is 18.8 Å². The highest BCUT2D eigenvalue weighted by Gasteiger charge is 2.47. The largest absolute Gasteiger partial charge is 0.462 e. The number of ether oxygens (including phenoxy) is 2. The molecule has 0 bridgehead atoms. The number of carbonyl (C=O) groups excluding carboxylic acids is 1. The van der Waals surface area contributed by atoms with E-state index in [4.69, 9.17) is 9.47 Å². The third kappa shape index (κ3) is 2.86. The zero-order valence-electron chi connectivity index (χ0n) is 11.9. The van der Waals surface area contributed by atoms with Gasteiger partial charge < -0.3 is 9.47 Å². The molecule has 1 saturated heterocycles. The number of hydrogen-bond donors (Lipinski definition) is 0. The van der Waals surface area contributed by atoms with Crippen LogP contribution >= 0.6 is 0 Å². The van der Waals surface area contributed by atoms with Crippen molar-refractivity contribution in [2.24, 2.45) is 17.8 Å². The average molecular weight is 264 g/mol. The summed E-state index contributed by atoms with van der Waals surface area (Å²) in [5.74, 6) is 1.36. The standard InChI is InChI=1S/C16H24O3/c1-10-5-3-4-6-13(10)16(17)18-9-12-8-15-14(19-15)7-11(12)2/h6,10-12,14-15H,3-5,7-9H2,1-2H3. The highest BCUT2D eigenvalue weighted by atomic mass is 16.6. The Kier molecular flexibility index (Phi) is 3.66. The molecule has 3 rings (SSSR count). The molecule has 5 atom stereocenters. The normalized spacial score (nSPS) is 41.2. The zero-order chi connectivity index (χ0) is 13.4. The zero-order valence-corrected chi connectivity index (χ0v) is 11.9. The molecular weight excluding hydrogens is 240 g/mol. The van der Waals surface area contributed by atoms with E-state index in [0.29, 0.717) is 36.6 Å². The van der Waals surface area contributed by atoms with Gasteiger partial charge in [0.25, 0.3) is 0 Å². The molecule has 0 N–H and O–H groups in total. The van der Waals surface area contributed by atoms with Gasteiger partial charge in [0.1, 0.15) is 0 Å². The van der Waals surface area contributed by atoms with Crippen molar-refractivity contribution in [3.8, 4) is 0 Å². The van der Waals surface area contributed by atoms with Gasteiger partial charge in [-0.2, -0.15) is 0 Å². The average Bonchev–Trinajstić information content (AvgIpc) is 3.14. The van der Waals surface area contributed by atoms with E-state index < -0.39 is 0 Å². The first kappa shape index (κ1) is 13.2. The van der Waals surface area contributed by atoms with Crippen LogP contribution in [0.4, 0.5) is 0 Å². The van der Waals surface area contributed by atoms with Crippen molar-refractivity contribution in [2.45, 2.75) is 58.2 Å². The van der Waals surface area contributed by atoms with E-state index >= 15 is 0 Å². The molecule has 0 aromatic rings. The lowest BCUT2D eigenvalue weighted by molar-refractivity contribution is -0.141. The number of esters is 1. The van der Waals surface area contributed by atoms with Gasteiger partial charge in [0.15, 0.2) is 0 Å². The maximum absolute atomic E-state index is 12.1. The van der Waals surface area contributed by atoms with Crippen LogP contribution < -0.4 is 0 Å². The molecule has 0 aromatic heterocycles. The lowest BCUT2D eigenvalue weighted by Gasteiger charge is -2.26. The Morgan fingerprint density at radius 2 is 2.16 bits per heavy atom. The fraction of sp³-hybridized carbons (Fsp3) is 0.812. The second-order valence-corrected chi connectivity index (χ2v) is 6.51. The minimum absolute atomic E-state index is 0.0850. The van der Waals surface area contributed by atoms with Gasteiger partial charge in [-0.15, -0.1) is 0 Å². The quantitative estimate of drug-likeness (QED) is 0.581. The van der Waals surface area contributed by atoms with E-state index in [2.05, 4.69) is 19.9 Å². The summed E-state index contributed by atoms with van der Waals surface area (Å²) in [6.07, 6.45) is 8.54. The first-order valence-electron chi connectivity index (χ1n) is 7.67. The van der Waals surface area contributed by atoms with E-state index in [1.807, 2.05) is 0 Å². The molecule has 2 fully saturated rings. The molecular formula is C16H24O3. The van der Waals surface area contributed by atoms with Crippen molar-refractivity contribution in [1.82, 2.24) is 0 Å². The van der Waals surface area contributed by atoms with Gasteiger partial charge in [-0.25, -0.2) is 4.79 Å². The number of carbonyl (C=O) groups is 1. The topological polar surface area (TPSA) is 38.8 Å². The second kappa shape index (κ2) is 5.28. The molecule has 5 unspecified atom stereocenters. The highest BCUT2D eigenvalue weighted by Crippen LogP contribution is 2.42. The van der Waals surface area contributed by atoms with Gasteiger partial charge >= 0.3 is 5.97 Å². The van der Waals surface area contributed by atoms with Crippen molar-refractivity contribution in [1.29, 1.82) is 0 Å². The van der Waals surface area contributed by atoms with Crippen LogP contribution in [-0.4, -0.2) is 24.8 Å². The number of fused-ring (bicyclic) bond motifs is 1. The predicted octanol–water partition coefficient (Wildman–Crippen LogP) is 3.09. The summed E-state index contributed by atoms with van der Waals surface area (Å²) in [7, 11) is 0. The molecule has 3 aliphatic rings. The third-order valence-electron chi connectivity index (χ3n) is 5.03. The lowest BCUT2D eigenvalue weighted by atomic mass is 9.81. The maximum Gasteiger partial charge on any atom is 0.333 e. The van der Waals surface area contributed by atoms with Crippen molar-refractivity contribution in [3.05, 3.63) is 11.6 Å². The van der Waals surface area contributed by atoms with Crippen LogP contribution in [-0.2, 0) is 14.3 Å². The van der Waals surface area contributed by atoms with Crippen molar-refractivity contribution >= 4 is 5.97 Å². The van der Waals surface area contributed by atoms with E-state index in [0.717, 1.165) is 31.3 Å². The summed E-state index contributed by atoms with van der Waals surface area (Å²) in [5.41, 5.74) is 0.898.